The molecule has 1 amide bonds. The zero-order chi connectivity index (χ0) is 15.4. The maximum absolute atomic E-state index is 11.9. The van der Waals surface area contributed by atoms with Gasteiger partial charge in [-0.15, -0.1) is 13.2 Å². The molecule has 0 aliphatic heterocycles. The summed E-state index contributed by atoms with van der Waals surface area (Å²) >= 11 is 0. The average molecular weight is 282 g/mol. The van der Waals surface area contributed by atoms with E-state index in [1.807, 2.05) is 6.92 Å². The molecule has 0 aromatic carbocycles. The molecule has 0 aromatic rings. The molecule has 0 fully saturated rings. The third-order valence-corrected chi connectivity index (χ3v) is 2.99. The molecule has 114 valence electrons. The van der Waals surface area contributed by atoms with E-state index in [1.54, 1.807) is 17.1 Å². The molecule has 5 nitrogen and oxygen atoms in total. The van der Waals surface area contributed by atoms with Crippen LogP contribution in [0.1, 0.15) is 26.2 Å². The molecule has 0 bridgehead atoms. The Bertz CT molecular complexity index is 319. The van der Waals surface area contributed by atoms with Gasteiger partial charge in [0.25, 0.3) is 0 Å². The third kappa shape index (κ3) is 9.33. The lowest BCUT2D eigenvalue weighted by Crippen LogP contribution is -2.38. The maximum atomic E-state index is 11.9. The fourth-order valence-corrected chi connectivity index (χ4v) is 1.76. The van der Waals surface area contributed by atoms with E-state index in [2.05, 4.69) is 18.5 Å². The van der Waals surface area contributed by atoms with Crippen molar-refractivity contribution in [2.24, 2.45) is 5.92 Å². The summed E-state index contributed by atoms with van der Waals surface area (Å²) in [5, 5.41) is 11.7. The Morgan fingerprint density at radius 3 is 2.35 bits per heavy atom. The second-order valence-electron chi connectivity index (χ2n) is 4.88. The number of aliphatic carboxylic acids is 1. The van der Waals surface area contributed by atoms with Gasteiger partial charge in [0, 0.05) is 19.5 Å². The first-order valence-electron chi connectivity index (χ1n) is 6.93. The van der Waals surface area contributed by atoms with Gasteiger partial charge in [0.2, 0.25) is 5.91 Å². The lowest BCUT2D eigenvalue weighted by Gasteiger charge is -2.19. The van der Waals surface area contributed by atoms with Crippen LogP contribution in [0.5, 0.6) is 0 Å². The van der Waals surface area contributed by atoms with Crippen LogP contribution < -0.4 is 5.32 Å². The summed E-state index contributed by atoms with van der Waals surface area (Å²) in [4.78, 5) is 24.0. The van der Waals surface area contributed by atoms with Crippen molar-refractivity contribution in [1.29, 1.82) is 0 Å². The fraction of sp³-hybridized carbons (Fsp3) is 0.600. The van der Waals surface area contributed by atoms with Crippen molar-refractivity contribution in [3.8, 4) is 0 Å². The minimum Gasteiger partial charge on any atom is -0.481 e. The highest BCUT2D eigenvalue weighted by Crippen LogP contribution is 2.08. The Morgan fingerprint density at radius 2 is 1.85 bits per heavy atom. The molecular formula is C15H26N2O3. The van der Waals surface area contributed by atoms with Gasteiger partial charge in [-0.2, -0.15) is 0 Å². The summed E-state index contributed by atoms with van der Waals surface area (Å²) in [5.74, 6) is -0.404. The van der Waals surface area contributed by atoms with Crippen molar-refractivity contribution in [2.45, 2.75) is 26.2 Å². The molecular weight excluding hydrogens is 256 g/mol. The molecule has 0 aliphatic carbocycles. The monoisotopic (exact) mass is 282 g/mol. The number of nitrogens with one attached hydrogen (secondary N) is 1. The van der Waals surface area contributed by atoms with Crippen LogP contribution in [-0.2, 0) is 9.59 Å². The molecule has 0 rings (SSSR count). The van der Waals surface area contributed by atoms with Crippen LogP contribution in [0.25, 0.3) is 0 Å². The van der Waals surface area contributed by atoms with Crippen LogP contribution in [0.3, 0.4) is 0 Å². The number of rotatable bonds is 12. The van der Waals surface area contributed by atoms with Crippen molar-refractivity contribution < 1.29 is 14.7 Å². The Kier molecular flexibility index (Phi) is 10.3. The highest BCUT2D eigenvalue weighted by molar-refractivity contribution is 5.78. The molecule has 0 saturated heterocycles. The van der Waals surface area contributed by atoms with E-state index >= 15 is 0 Å². The van der Waals surface area contributed by atoms with Crippen LogP contribution >= 0.6 is 0 Å². The van der Waals surface area contributed by atoms with E-state index in [1.165, 1.54) is 0 Å². The molecule has 1 atom stereocenters. The van der Waals surface area contributed by atoms with Crippen molar-refractivity contribution in [3.63, 3.8) is 0 Å². The predicted octanol–water partition coefficient (Wildman–Crippen LogP) is 1.67. The molecule has 0 saturated carbocycles. The quantitative estimate of drug-likeness (QED) is 0.422. The number of carboxylic acid groups (broad SMARTS) is 1. The van der Waals surface area contributed by atoms with Crippen LogP contribution in [0, 0.1) is 5.92 Å². The van der Waals surface area contributed by atoms with E-state index in [0.717, 1.165) is 6.42 Å². The fourth-order valence-electron chi connectivity index (χ4n) is 1.76. The van der Waals surface area contributed by atoms with E-state index in [9.17, 15) is 9.59 Å². The van der Waals surface area contributed by atoms with Gasteiger partial charge in [-0.25, -0.2) is 0 Å². The molecule has 0 aromatic heterocycles. The summed E-state index contributed by atoms with van der Waals surface area (Å²) in [6, 6.07) is 0. The Balaban J connectivity index is 3.81. The minimum absolute atomic E-state index is 0.0167. The average Bonchev–Trinajstić information content (AvgIpc) is 2.40. The lowest BCUT2D eigenvalue weighted by atomic mass is 10.0. The second-order valence-corrected chi connectivity index (χ2v) is 4.88. The smallest absolute Gasteiger partial charge is 0.303 e. The third-order valence-electron chi connectivity index (χ3n) is 2.99. The van der Waals surface area contributed by atoms with Gasteiger partial charge in [0.15, 0.2) is 0 Å². The first-order chi connectivity index (χ1) is 9.51. The molecule has 0 spiro atoms. The Hall–Kier alpha value is -1.62. The number of hydrogen-bond donors (Lipinski definition) is 2. The molecule has 0 aliphatic rings. The second kappa shape index (κ2) is 11.2. The molecule has 5 heteroatoms. The highest BCUT2D eigenvalue weighted by atomic mass is 16.4. The zero-order valence-corrected chi connectivity index (χ0v) is 12.3. The SMILES string of the molecule is C=CCN(CC=C)C(=O)CNCCC(C)CCC(=O)O. The number of hydrogen-bond acceptors (Lipinski definition) is 3. The predicted molar refractivity (Wildman–Crippen MR) is 80.5 cm³/mol. The van der Waals surface area contributed by atoms with Crippen molar-refractivity contribution in [1.82, 2.24) is 10.2 Å². The molecule has 2 N–H and O–H groups in total. The first-order valence-corrected chi connectivity index (χ1v) is 6.93. The number of carbonyl (C=O) groups is 2. The van der Waals surface area contributed by atoms with Crippen LogP contribution in [0.4, 0.5) is 0 Å². The number of nitrogens with zero attached hydrogens (tertiary/aromatic N) is 1. The standard InChI is InChI=1S/C15H26N2O3/c1-4-10-17(11-5-2)14(18)12-16-9-8-13(3)6-7-15(19)20/h4-5,13,16H,1-2,6-12H2,3H3,(H,19,20). The number of carboxylic acids is 1. The summed E-state index contributed by atoms with van der Waals surface area (Å²) in [7, 11) is 0. The van der Waals surface area contributed by atoms with Gasteiger partial charge in [0.1, 0.15) is 0 Å². The summed E-state index contributed by atoms with van der Waals surface area (Å²) in [5.41, 5.74) is 0. The number of carbonyl (C=O) groups excluding carboxylic acids is 1. The zero-order valence-electron chi connectivity index (χ0n) is 12.3. The minimum atomic E-state index is -0.760. The first kappa shape index (κ1) is 18.4. The van der Waals surface area contributed by atoms with Crippen molar-refractivity contribution >= 4 is 11.9 Å². The molecule has 20 heavy (non-hydrogen) atoms. The summed E-state index contributed by atoms with van der Waals surface area (Å²) < 4.78 is 0. The molecule has 0 heterocycles. The maximum Gasteiger partial charge on any atom is 0.303 e. The highest BCUT2D eigenvalue weighted by Gasteiger charge is 2.10. The largest absolute Gasteiger partial charge is 0.481 e. The van der Waals surface area contributed by atoms with E-state index in [0.29, 0.717) is 32.0 Å². The van der Waals surface area contributed by atoms with Crippen molar-refractivity contribution in [2.75, 3.05) is 26.2 Å². The molecule has 0 radical (unpaired) electrons. The Morgan fingerprint density at radius 1 is 1.25 bits per heavy atom. The van der Waals surface area contributed by atoms with Gasteiger partial charge >= 0.3 is 5.97 Å². The normalized spacial score (nSPS) is 11.7. The van der Waals surface area contributed by atoms with Gasteiger partial charge in [-0.05, 0) is 25.3 Å². The Labute approximate surface area is 121 Å². The molecule has 1 unspecified atom stereocenters. The van der Waals surface area contributed by atoms with Gasteiger partial charge < -0.3 is 15.3 Å². The van der Waals surface area contributed by atoms with Gasteiger partial charge in [0.05, 0.1) is 6.54 Å². The lowest BCUT2D eigenvalue weighted by molar-refractivity contribution is -0.137. The van der Waals surface area contributed by atoms with E-state index < -0.39 is 5.97 Å². The van der Waals surface area contributed by atoms with E-state index in [-0.39, 0.29) is 18.9 Å². The number of amides is 1. The van der Waals surface area contributed by atoms with Crippen molar-refractivity contribution in [3.05, 3.63) is 25.3 Å². The topological polar surface area (TPSA) is 69.6 Å². The van der Waals surface area contributed by atoms with E-state index in [4.69, 9.17) is 5.11 Å². The van der Waals surface area contributed by atoms with Crippen LogP contribution in [0.2, 0.25) is 0 Å². The summed E-state index contributed by atoms with van der Waals surface area (Å²) in [6.45, 7) is 11.3. The van der Waals surface area contributed by atoms with Crippen LogP contribution in [0.15, 0.2) is 25.3 Å². The summed E-state index contributed by atoms with van der Waals surface area (Å²) in [6.07, 6.45) is 5.12. The van der Waals surface area contributed by atoms with Gasteiger partial charge in [-0.3, -0.25) is 9.59 Å². The van der Waals surface area contributed by atoms with Gasteiger partial charge in [-0.1, -0.05) is 19.1 Å². The van der Waals surface area contributed by atoms with Crippen LogP contribution in [-0.4, -0.2) is 48.1 Å².